The van der Waals surface area contributed by atoms with Crippen LogP contribution in [0.1, 0.15) is 28.4 Å². The van der Waals surface area contributed by atoms with Crippen LogP contribution in [0.4, 0.5) is 0 Å². The number of aryl methyl sites for hydroxylation is 2. The fourth-order valence-electron chi connectivity index (χ4n) is 2.37. The number of carbonyl (C=O) groups is 1. The summed E-state index contributed by atoms with van der Waals surface area (Å²) in [6.07, 6.45) is 0. The molecule has 0 atom stereocenters. The molecule has 0 fully saturated rings. The van der Waals surface area contributed by atoms with Crippen molar-refractivity contribution in [2.24, 2.45) is 0 Å². The van der Waals surface area contributed by atoms with Gasteiger partial charge in [-0.2, -0.15) is 0 Å². The van der Waals surface area contributed by atoms with Crippen LogP contribution < -0.4 is 14.8 Å². The zero-order valence-electron chi connectivity index (χ0n) is 14.2. The maximum absolute atomic E-state index is 12.1. The van der Waals surface area contributed by atoms with E-state index in [0.717, 1.165) is 16.9 Å². The number of halogens is 1. The highest BCUT2D eigenvalue weighted by atomic mass is 35.5. The van der Waals surface area contributed by atoms with Crippen molar-refractivity contribution in [2.75, 3.05) is 19.8 Å². The maximum atomic E-state index is 12.1. The third kappa shape index (κ3) is 5.17. The molecule has 0 bridgehead atoms. The van der Waals surface area contributed by atoms with E-state index >= 15 is 0 Å². The molecule has 1 amide bonds. The lowest BCUT2D eigenvalue weighted by atomic mass is 10.1. The van der Waals surface area contributed by atoms with Crippen molar-refractivity contribution in [3.05, 3.63) is 58.1 Å². The Balaban J connectivity index is 1.83. The van der Waals surface area contributed by atoms with Gasteiger partial charge in [-0.25, -0.2) is 0 Å². The number of benzene rings is 2. The lowest BCUT2D eigenvalue weighted by Gasteiger charge is -2.10. The molecule has 2 aromatic rings. The first-order chi connectivity index (χ1) is 11.5. The molecule has 24 heavy (non-hydrogen) atoms. The Morgan fingerprint density at radius 1 is 1.08 bits per heavy atom. The largest absolute Gasteiger partial charge is 0.492 e. The maximum Gasteiger partial charge on any atom is 0.251 e. The van der Waals surface area contributed by atoms with Crippen LogP contribution in [0, 0.1) is 13.8 Å². The Morgan fingerprint density at radius 3 is 2.42 bits per heavy atom. The number of amides is 1. The van der Waals surface area contributed by atoms with Crippen molar-refractivity contribution in [3.8, 4) is 11.5 Å². The minimum Gasteiger partial charge on any atom is -0.492 e. The van der Waals surface area contributed by atoms with Crippen molar-refractivity contribution in [2.45, 2.75) is 20.8 Å². The topological polar surface area (TPSA) is 47.6 Å². The van der Waals surface area contributed by atoms with Gasteiger partial charge in [-0.15, -0.1) is 0 Å². The SMILES string of the molecule is CCOc1ccc(C(=O)NCCOc2cc(C)cc(C)c2)cc1Cl. The molecular weight excluding hydrogens is 326 g/mol. The molecule has 2 aromatic carbocycles. The van der Waals surface area contributed by atoms with Gasteiger partial charge in [0, 0.05) is 5.56 Å². The summed E-state index contributed by atoms with van der Waals surface area (Å²) in [7, 11) is 0. The van der Waals surface area contributed by atoms with Gasteiger partial charge in [0.05, 0.1) is 18.2 Å². The smallest absolute Gasteiger partial charge is 0.251 e. The third-order valence-corrected chi connectivity index (χ3v) is 3.64. The first-order valence-corrected chi connectivity index (χ1v) is 8.29. The van der Waals surface area contributed by atoms with Gasteiger partial charge in [0.1, 0.15) is 18.1 Å². The van der Waals surface area contributed by atoms with Gasteiger partial charge in [0.15, 0.2) is 0 Å². The van der Waals surface area contributed by atoms with Crippen molar-refractivity contribution < 1.29 is 14.3 Å². The summed E-state index contributed by atoms with van der Waals surface area (Å²) in [4.78, 5) is 12.1. The molecule has 1 N–H and O–H groups in total. The Labute approximate surface area is 147 Å². The van der Waals surface area contributed by atoms with E-state index in [-0.39, 0.29) is 5.91 Å². The lowest BCUT2D eigenvalue weighted by molar-refractivity contribution is 0.0947. The molecule has 0 saturated carbocycles. The first kappa shape index (κ1) is 18.1. The summed E-state index contributed by atoms with van der Waals surface area (Å²) in [5, 5.41) is 3.24. The first-order valence-electron chi connectivity index (χ1n) is 7.91. The Morgan fingerprint density at radius 2 is 1.79 bits per heavy atom. The highest BCUT2D eigenvalue weighted by molar-refractivity contribution is 6.32. The van der Waals surface area contributed by atoms with E-state index < -0.39 is 0 Å². The monoisotopic (exact) mass is 347 g/mol. The fourth-order valence-corrected chi connectivity index (χ4v) is 2.60. The number of hydrogen-bond donors (Lipinski definition) is 1. The van der Waals surface area contributed by atoms with Crippen molar-refractivity contribution in [3.63, 3.8) is 0 Å². The highest BCUT2D eigenvalue weighted by Gasteiger charge is 2.09. The second kappa shape index (κ2) is 8.60. The van der Waals surface area contributed by atoms with Crippen LogP contribution in [0.15, 0.2) is 36.4 Å². The van der Waals surface area contributed by atoms with Crippen molar-refractivity contribution in [1.29, 1.82) is 0 Å². The average molecular weight is 348 g/mol. The minimum atomic E-state index is -0.191. The minimum absolute atomic E-state index is 0.191. The molecule has 5 heteroatoms. The molecule has 0 aliphatic carbocycles. The van der Waals surface area contributed by atoms with E-state index in [1.165, 1.54) is 0 Å². The lowest BCUT2D eigenvalue weighted by Crippen LogP contribution is -2.28. The van der Waals surface area contributed by atoms with Crippen LogP contribution in [0.5, 0.6) is 11.5 Å². The van der Waals surface area contributed by atoms with Gasteiger partial charge < -0.3 is 14.8 Å². The van der Waals surface area contributed by atoms with Crippen LogP contribution in [0.3, 0.4) is 0 Å². The molecule has 0 aromatic heterocycles. The van der Waals surface area contributed by atoms with Gasteiger partial charge >= 0.3 is 0 Å². The second-order valence-corrected chi connectivity index (χ2v) is 5.91. The van der Waals surface area contributed by atoms with Gasteiger partial charge in [-0.3, -0.25) is 4.79 Å². The molecule has 0 saturated heterocycles. The molecule has 0 aliphatic heterocycles. The molecule has 128 valence electrons. The van der Waals surface area contributed by atoms with Gasteiger partial charge in [0.2, 0.25) is 0 Å². The normalized spacial score (nSPS) is 10.3. The number of rotatable bonds is 7. The molecule has 0 spiro atoms. The van der Waals surface area contributed by atoms with Crippen LogP contribution >= 0.6 is 11.6 Å². The standard InChI is InChI=1S/C19H22ClNO3/c1-4-23-18-6-5-15(12-17(18)20)19(22)21-7-8-24-16-10-13(2)9-14(3)11-16/h5-6,9-12H,4,7-8H2,1-3H3,(H,21,22). The van der Waals surface area contributed by atoms with E-state index in [9.17, 15) is 4.79 Å². The quantitative estimate of drug-likeness (QED) is 0.765. The fraction of sp³-hybridized carbons (Fsp3) is 0.316. The predicted octanol–water partition coefficient (Wildman–Crippen LogP) is 4.16. The summed E-state index contributed by atoms with van der Waals surface area (Å²) in [5.74, 6) is 1.20. The predicted molar refractivity (Wildman–Crippen MR) is 96.4 cm³/mol. The Bertz CT molecular complexity index is 696. The average Bonchev–Trinajstić information content (AvgIpc) is 2.52. The van der Waals surface area contributed by atoms with Crippen LogP contribution in [0.2, 0.25) is 5.02 Å². The van der Waals surface area contributed by atoms with E-state index in [1.54, 1.807) is 18.2 Å². The van der Waals surface area contributed by atoms with E-state index in [1.807, 2.05) is 32.9 Å². The van der Waals surface area contributed by atoms with E-state index in [4.69, 9.17) is 21.1 Å². The van der Waals surface area contributed by atoms with Gasteiger partial charge in [-0.1, -0.05) is 17.7 Å². The highest BCUT2D eigenvalue weighted by Crippen LogP contribution is 2.25. The third-order valence-electron chi connectivity index (χ3n) is 3.35. The Hall–Kier alpha value is -2.20. The van der Waals surface area contributed by atoms with Crippen molar-refractivity contribution in [1.82, 2.24) is 5.32 Å². The zero-order chi connectivity index (χ0) is 17.5. The molecular formula is C19H22ClNO3. The van der Waals surface area contributed by atoms with Crippen LogP contribution in [0.25, 0.3) is 0 Å². The summed E-state index contributed by atoms with van der Waals surface area (Å²) in [5.41, 5.74) is 2.80. The van der Waals surface area contributed by atoms with Crippen LogP contribution in [-0.2, 0) is 0 Å². The molecule has 4 nitrogen and oxygen atoms in total. The number of carbonyl (C=O) groups excluding carboxylic acids is 1. The van der Waals surface area contributed by atoms with Gasteiger partial charge in [0.25, 0.3) is 5.91 Å². The molecule has 2 rings (SSSR count). The molecule has 0 aliphatic rings. The molecule has 0 heterocycles. The molecule has 0 radical (unpaired) electrons. The molecule has 0 unspecified atom stereocenters. The van der Waals surface area contributed by atoms with Gasteiger partial charge in [-0.05, 0) is 62.2 Å². The summed E-state index contributed by atoms with van der Waals surface area (Å²) in [6.45, 7) is 7.28. The van der Waals surface area contributed by atoms with E-state index in [2.05, 4.69) is 11.4 Å². The van der Waals surface area contributed by atoms with E-state index in [0.29, 0.717) is 36.1 Å². The number of ether oxygens (including phenoxy) is 2. The summed E-state index contributed by atoms with van der Waals surface area (Å²) >= 11 is 6.09. The van der Waals surface area contributed by atoms with Crippen molar-refractivity contribution >= 4 is 17.5 Å². The van der Waals surface area contributed by atoms with Crippen LogP contribution in [-0.4, -0.2) is 25.7 Å². The number of nitrogens with one attached hydrogen (secondary N) is 1. The Kier molecular flexibility index (Phi) is 6.50. The summed E-state index contributed by atoms with van der Waals surface area (Å²) < 4.78 is 11.0. The summed E-state index contributed by atoms with van der Waals surface area (Å²) in [6, 6.07) is 11.0. The second-order valence-electron chi connectivity index (χ2n) is 5.51. The zero-order valence-corrected chi connectivity index (χ0v) is 14.9. The number of hydrogen-bond acceptors (Lipinski definition) is 3.